The molecule has 12 heavy (non-hydrogen) atoms. The highest BCUT2D eigenvalue weighted by Gasteiger charge is 2.19. The van der Waals surface area contributed by atoms with Crippen LogP contribution in [0.2, 0.25) is 0 Å². The molecule has 2 rings (SSSR count). The van der Waals surface area contributed by atoms with Crippen LogP contribution in [-0.2, 0) is 6.54 Å². The van der Waals surface area contributed by atoms with Gasteiger partial charge in [-0.05, 0) is 19.8 Å². The summed E-state index contributed by atoms with van der Waals surface area (Å²) < 4.78 is 2.18. The van der Waals surface area contributed by atoms with Gasteiger partial charge >= 0.3 is 0 Å². The van der Waals surface area contributed by atoms with Gasteiger partial charge in [0.1, 0.15) is 0 Å². The van der Waals surface area contributed by atoms with Gasteiger partial charge in [0.2, 0.25) is 0 Å². The number of nitrogens with zero attached hydrogens (tertiary/aromatic N) is 2. The van der Waals surface area contributed by atoms with Crippen LogP contribution in [0.4, 0.5) is 0 Å². The van der Waals surface area contributed by atoms with Gasteiger partial charge in [0.05, 0.1) is 6.33 Å². The Morgan fingerprint density at radius 3 is 3.08 bits per heavy atom. The van der Waals surface area contributed by atoms with E-state index in [0.29, 0.717) is 0 Å². The lowest BCUT2D eigenvalue weighted by atomic mass is 10.5. The molecule has 1 fully saturated rings. The van der Waals surface area contributed by atoms with Crippen LogP contribution in [0, 0.1) is 6.92 Å². The van der Waals surface area contributed by atoms with Gasteiger partial charge < -0.3 is 9.88 Å². The van der Waals surface area contributed by atoms with Crippen LogP contribution in [0.1, 0.15) is 18.5 Å². The average Bonchev–Trinajstić information content (AvgIpc) is 2.78. The van der Waals surface area contributed by atoms with E-state index in [1.165, 1.54) is 18.5 Å². The normalized spacial score (nSPS) is 16.8. The van der Waals surface area contributed by atoms with Crippen molar-refractivity contribution in [3.8, 4) is 0 Å². The van der Waals surface area contributed by atoms with Gasteiger partial charge in [0.25, 0.3) is 0 Å². The quantitative estimate of drug-likeness (QED) is 0.719. The standard InChI is InChI=1S/C9H15N3/c1-8-6-10-7-12(8)5-4-11-9-2-3-9/h6-7,9,11H,2-5H2,1H3. The number of aromatic nitrogens is 2. The Hall–Kier alpha value is -0.830. The number of nitrogens with one attached hydrogen (secondary N) is 1. The Morgan fingerprint density at radius 2 is 2.50 bits per heavy atom. The number of aryl methyl sites for hydroxylation is 1. The lowest BCUT2D eigenvalue weighted by molar-refractivity contribution is 0.587. The molecule has 0 spiro atoms. The van der Waals surface area contributed by atoms with Gasteiger partial charge in [-0.3, -0.25) is 0 Å². The van der Waals surface area contributed by atoms with Crippen LogP contribution in [0.5, 0.6) is 0 Å². The highest BCUT2D eigenvalue weighted by molar-refractivity contribution is 4.94. The highest BCUT2D eigenvalue weighted by Crippen LogP contribution is 2.18. The van der Waals surface area contributed by atoms with Crippen molar-refractivity contribution in [3.63, 3.8) is 0 Å². The summed E-state index contributed by atoms with van der Waals surface area (Å²) in [6.45, 7) is 4.20. The zero-order valence-corrected chi connectivity index (χ0v) is 7.45. The van der Waals surface area contributed by atoms with Gasteiger partial charge in [-0.2, -0.15) is 0 Å². The maximum atomic E-state index is 4.07. The summed E-state index contributed by atoms with van der Waals surface area (Å²) >= 11 is 0. The molecule has 0 bridgehead atoms. The van der Waals surface area contributed by atoms with Gasteiger partial charge in [0.15, 0.2) is 0 Å². The molecule has 0 aliphatic heterocycles. The van der Waals surface area contributed by atoms with Crippen LogP contribution >= 0.6 is 0 Å². The van der Waals surface area contributed by atoms with Crippen molar-refractivity contribution in [1.29, 1.82) is 0 Å². The second kappa shape index (κ2) is 3.27. The molecule has 1 aromatic heterocycles. The number of hydrogen-bond acceptors (Lipinski definition) is 2. The van der Waals surface area contributed by atoms with Crippen molar-refractivity contribution in [3.05, 3.63) is 18.2 Å². The Labute approximate surface area is 72.8 Å². The fourth-order valence-electron chi connectivity index (χ4n) is 1.30. The van der Waals surface area contributed by atoms with Gasteiger partial charge in [-0.1, -0.05) is 0 Å². The fourth-order valence-corrected chi connectivity index (χ4v) is 1.30. The first-order valence-electron chi connectivity index (χ1n) is 4.56. The molecule has 1 aliphatic carbocycles. The lowest BCUT2D eigenvalue weighted by Crippen LogP contribution is -2.21. The molecule has 0 unspecified atom stereocenters. The van der Waals surface area contributed by atoms with E-state index in [4.69, 9.17) is 0 Å². The topological polar surface area (TPSA) is 29.9 Å². The van der Waals surface area contributed by atoms with Gasteiger partial charge in [-0.25, -0.2) is 4.98 Å². The van der Waals surface area contributed by atoms with Gasteiger partial charge in [0, 0.05) is 31.0 Å². The first-order chi connectivity index (χ1) is 5.86. The predicted molar refractivity (Wildman–Crippen MR) is 48.0 cm³/mol. The van der Waals surface area contributed by atoms with E-state index < -0.39 is 0 Å². The molecule has 1 aliphatic rings. The molecule has 1 saturated carbocycles. The maximum absolute atomic E-state index is 4.07. The van der Waals surface area contributed by atoms with Crippen molar-refractivity contribution in [2.45, 2.75) is 32.4 Å². The van der Waals surface area contributed by atoms with Crippen LogP contribution in [0.15, 0.2) is 12.5 Å². The monoisotopic (exact) mass is 165 g/mol. The van der Waals surface area contributed by atoms with Crippen molar-refractivity contribution < 1.29 is 0 Å². The van der Waals surface area contributed by atoms with Crippen LogP contribution < -0.4 is 5.32 Å². The summed E-state index contributed by atoms with van der Waals surface area (Å²) in [5.41, 5.74) is 1.24. The third kappa shape index (κ3) is 1.85. The number of rotatable bonds is 4. The molecule has 0 atom stereocenters. The van der Waals surface area contributed by atoms with E-state index in [-0.39, 0.29) is 0 Å². The number of hydrogen-bond donors (Lipinski definition) is 1. The molecule has 1 N–H and O–H groups in total. The summed E-state index contributed by atoms with van der Waals surface area (Å²) in [4.78, 5) is 4.07. The smallest absolute Gasteiger partial charge is 0.0948 e. The van der Waals surface area contributed by atoms with E-state index in [0.717, 1.165) is 19.1 Å². The van der Waals surface area contributed by atoms with Crippen LogP contribution in [-0.4, -0.2) is 22.1 Å². The van der Waals surface area contributed by atoms with Crippen LogP contribution in [0.3, 0.4) is 0 Å². The van der Waals surface area contributed by atoms with E-state index in [2.05, 4.69) is 21.8 Å². The highest BCUT2D eigenvalue weighted by atomic mass is 15.1. The van der Waals surface area contributed by atoms with Crippen molar-refractivity contribution in [2.24, 2.45) is 0 Å². The minimum absolute atomic E-state index is 0.814. The molecule has 0 amide bonds. The Balaban J connectivity index is 1.75. The average molecular weight is 165 g/mol. The minimum atomic E-state index is 0.814. The van der Waals surface area contributed by atoms with Gasteiger partial charge in [-0.15, -0.1) is 0 Å². The summed E-state index contributed by atoms with van der Waals surface area (Å²) in [6.07, 6.45) is 6.52. The maximum Gasteiger partial charge on any atom is 0.0948 e. The third-order valence-corrected chi connectivity index (χ3v) is 2.28. The summed E-state index contributed by atoms with van der Waals surface area (Å²) in [6, 6.07) is 0.814. The molecule has 3 heteroatoms. The summed E-state index contributed by atoms with van der Waals surface area (Å²) in [7, 11) is 0. The van der Waals surface area contributed by atoms with Crippen molar-refractivity contribution >= 4 is 0 Å². The molecule has 1 heterocycles. The Bertz CT molecular complexity index is 250. The number of imidazole rings is 1. The largest absolute Gasteiger partial charge is 0.334 e. The first-order valence-corrected chi connectivity index (χ1v) is 4.56. The zero-order chi connectivity index (χ0) is 8.39. The molecule has 0 saturated heterocycles. The summed E-state index contributed by atoms with van der Waals surface area (Å²) in [5.74, 6) is 0. The summed E-state index contributed by atoms with van der Waals surface area (Å²) in [5, 5.41) is 3.47. The Kier molecular flexibility index (Phi) is 2.13. The van der Waals surface area contributed by atoms with E-state index in [9.17, 15) is 0 Å². The second-order valence-corrected chi connectivity index (χ2v) is 3.46. The predicted octanol–water partition coefficient (Wildman–Crippen LogP) is 0.944. The fraction of sp³-hybridized carbons (Fsp3) is 0.667. The first kappa shape index (κ1) is 7.80. The molecule has 3 nitrogen and oxygen atoms in total. The second-order valence-electron chi connectivity index (χ2n) is 3.46. The molecule has 0 radical (unpaired) electrons. The lowest BCUT2D eigenvalue weighted by Gasteiger charge is -2.05. The Morgan fingerprint density at radius 1 is 1.67 bits per heavy atom. The molecular weight excluding hydrogens is 150 g/mol. The molecule has 1 aromatic rings. The molecule has 66 valence electrons. The van der Waals surface area contributed by atoms with E-state index in [1.807, 2.05) is 12.5 Å². The van der Waals surface area contributed by atoms with Crippen molar-refractivity contribution in [2.75, 3.05) is 6.54 Å². The third-order valence-electron chi connectivity index (χ3n) is 2.28. The molecular formula is C9H15N3. The van der Waals surface area contributed by atoms with Crippen LogP contribution in [0.25, 0.3) is 0 Å². The zero-order valence-electron chi connectivity index (χ0n) is 7.45. The van der Waals surface area contributed by atoms with E-state index >= 15 is 0 Å². The van der Waals surface area contributed by atoms with Crippen molar-refractivity contribution in [1.82, 2.24) is 14.9 Å². The molecule has 0 aromatic carbocycles. The minimum Gasteiger partial charge on any atom is -0.334 e. The van der Waals surface area contributed by atoms with E-state index in [1.54, 1.807) is 0 Å². The SMILES string of the molecule is Cc1cncn1CCNC1CC1.